The van der Waals surface area contributed by atoms with Crippen molar-refractivity contribution >= 4 is 17.7 Å². The van der Waals surface area contributed by atoms with Crippen LogP contribution in [0.2, 0.25) is 0 Å². The fourth-order valence-corrected chi connectivity index (χ4v) is 3.67. The molecule has 104 valence electrons. The Morgan fingerprint density at radius 2 is 2.26 bits per heavy atom. The first-order valence-corrected chi connectivity index (χ1v) is 7.20. The van der Waals surface area contributed by atoms with Gasteiger partial charge in [0.25, 0.3) is 0 Å². The normalized spacial score (nSPS) is 23.3. The van der Waals surface area contributed by atoms with Gasteiger partial charge in [0.2, 0.25) is 0 Å². The molecule has 1 N–H and O–H groups in total. The summed E-state index contributed by atoms with van der Waals surface area (Å²) in [5.41, 5.74) is -0.260. The number of aromatic carboxylic acids is 1. The lowest BCUT2D eigenvalue weighted by atomic mass is 9.97. The number of carboxylic acids is 1. The lowest BCUT2D eigenvalue weighted by molar-refractivity contribution is 0.0691. The highest BCUT2D eigenvalue weighted by Gasteiger charge is 2.23. The summed E-state index contributed by atoms with van der Waals surface area (Å²) in [6.07, 6.45) is 4.52. The van der Waals surface area contributed by atoms with Crippen LogP contribution in [0.5, 0.6) is 0 Å². The summed E-state index contributed by atoms with van der Waals surface area (Å²) in [7, 11) is 1.72. The van der Waals surface area contributed by atoms with Crippen LogP contribution < -0.4 is 0 Å². The Kier molecular flexibility index (Phi) is 4.82. The number of methoxy groups -OCH3 is 1. The number of hydrogen-bond acceptors (Lipinski definition) is 3. The first-order valence-electron chi connectivity index (χ1n) is 6.32. The van der Waals surface area contributed by atoms with Gasteiger partial charge in [-0.25, -0.2) is 9.18 Å². The van der Waals surface area contributed by atoms with E-state index in [2.05, 4.69) is 0 Å². The van der Waals surface area contributed by atoms with Crippen LogP contribution in [0.25, 0.3) is 0 Å². The van der Waals surface area contributed by atoms with Crippen molar-refractivity contribution in [1.82, 2.24) is 0 Å². The Balaban J connectivity index is 2.06. The first kappa shape index (κ1) is 14.3. The summed E-state index contributed by atoms with van der Waals surface area (Å²) in [6, 6.07) is 4.28. The minimum absolute atomic E-state index is 0.260. The molecule has 3 nitrogen and oxygen atoms in total. The maximum atomic E-state index is 13.3. The first-order chi connectivity index (χ1) is 9.10. The zero-order valence-corrected chi connectivity index (χ0v) is 11.6. The molecule has 19 heavy (non-hydrogen) atoms. The third kappa shape index (κ3) is 3.70. The van der Waals surface area contributed by atoms with Crippen LogP contribution in [0.15, 0.2) is 23.1 Å². The van der Waals surface area contributed by atoms with Gasteiger partial charge in [-0.15, -0.1) is 11.8 Å². The van der Waals surface area contributed by atoms with Crippen LogP contribution in [-0.4, -0.2) is 29.5 Å². The average molecular weight is 284 g/mol. The van der Waals surface area contributed by atoms with E-state index in [4.69, 9.17) is 9.84 Å². The van der Waals surface area contributed by atoms with Crippen molar-refractivity contribution in [2.24, 2.45) is 0 Å². The van der Waals surface area contributed by atoms with E-state index in [0.29, 0.717) is 5.25 Å². The fourth-order valence-electron chi connectivity index (χ4n) is 2.36. The van der Waals surface area contributed by atoms with E-state index in [-0.39, 0.29) is 11.7 Å². The average Bonchev–Trinajstić information content (AvgIpc) is 2.41. The van der Waals surface area contributed by atoms with E-state index in [1.54, 1.807) is 24.9 Å². The van der Waals surface area contributed by atoms with Crippen LogP contribution in [0.4, 0.5) is 4.39 Å². The summed E-state index contributed by atoms with van der Waals surface area (Å²) in [6.45, 7) is 0. The molecule has 2 rings (SSSR count). The van der Waals surface area contributed by atoms with Gasteiger partial charge in [0.05, 0.1) is 11.7 Å². The number of rotatable bonds is 4. The highest BCUT2D eigenvalue weighted by atomic mass is 32.2. The highest BCUT2D eigenvalue weighted by molar-refractivity contribution is 8.00. The van der Waals surface area contributed by atoms with Crippen molar-refractivity contribution in [2.45, 2.75) is 41.9 Å². The Morgan fingerprint density at radius 1 is 1.47 bits per heavy atom. The van der Waals surface area contributed by atoms with Gasteiger partial charge in [0.15, 0.2) is 0 Å². The van der Waals surface area contributed by atoms with Gasteiger partial charge in [-0.05, 0) is 43.9 Å². The monoisotopic (exact) mass is 284 g/mol. The second-order valence-corrected chi connectivity index (χ2v) is 6.08. The molecule has 0 spiro atoms. The molecule has 1 aromatic carbocycles. The largest absolute Gasteiger partial charge is 0.478 e. The molecule has 0 aromatic heterocycles. The van der Waals surface area contributed by atoms with E-state index < -0.39 is 11.8 Å². The number of thioether (sulfide) groups is 1. The van der Waals surface area contributed by atoms with Gasteiger partial charge in [-0.1, -0.05) is 0 Å². The van der Waals surface area contributed by atoms with Crippen LogP contribution in [0, 0.1) is 5.82 Å². The Morgan fingerprint density at radius 3 is 2.95 bits per heavy atom. The van der Waals surface area contributed by atoms with Crippen molar-refractivity contribution in [3.63, 3.8) is 0 Å². The predicted octanol–water partition coefficient (Wildman–Crippen LogP) is 3.57. The molecule has 0 bridgehead atoms. The molecule has 0 heterocycles. The molecule has 0 aliphatic heterocycles. The lowest BCUT2D eigenvalue weighted by Crippen LogP contribution is -2.23. The zero-order valence-electron chi connectivity index (χ0n) is 10.8. The summed E-state index contributed by atoms with van der Waals surface area (Å²) >= 11 is 1.61. The molecule has 0 amide bonds. The number of hydrogen-bond donors (Lipinski definition) is 1. The maximum absolute atomic E-state index is 13.3. The maximum Gasteiger partial charge on any atom is 0.338 e. The molecule has 0 radical (unpaired) electrons. The molecule has 2 atom stereocenters. The third-order valence-electron chi connectivity index (χ3n) is 3.38. The topological polar surface area (TPSA) is 46.5 Å². The molecule has 2 unspecified atom stereocenters. The molecular weight excluding hydrogens is 267 g/mol. The number of carbonyl (C=O) groups is 1. The van der Waals surface area contributed by atoms with Gasteiger partial charge < -0.3 is 9.84 Å². The lowest BCUT2D eigenvalue weighted by Gasteiger charge is -2.27. The number of carboxylic acid groups (broad SMARTS) is 1. The van der Waals surface area contributed by atoms with Gasteiger partial charge in [-0.2, -0.15) is 0 Å². The van der Waals surface area contributed by atoms with Gasteiger partial charge in [0.1, 0.15) is 5.82 Å². The van der Waals surface area contributed by atoms with Crippen molar-refractivity contribution in [3.05, 3.63) is 29.6 Å². The van der Waals surface area contributed by atoms with Crippen LogP contribution in [-0.2, 0) is 4.74 Å². The molecule has 1 aromatic rings. The molecule has 1 saturated carbocycles. The summed E-state index contributed by atoms with van der Waals surface area (Å²) in [4.78, 5) is 11.7. The Labute approximate surface area is 116 Å². The van der Waals surface area contributed by atoms with E-state index in [1.165, 1.54) is 12.1 Å². The molecule has 1 aliphatic carbocycles. The van der Waals surface area contributed by atoms with Crippen LogP contribution in [0.1, 0.15) is 36.0 Å². The Bertz CT molecular complexity index is 464. The van der Waals surface area contributed by atoms with Crippen LogP contribution >= 0.6 is 11.8 Å². The quantitative estimate of drug-likeness (QED) is 0.918. The third-order valence-corrected chi connectivity index (χ3v) is 4.67. The number of halogens is 1. The smallest absolute Gasteiger partial charge is 0.338 e. The van der Waals surface area contributed by atoms with E-state index in [0.717, 1.165) is 30.6 Å². The summed E-state index contributed by atoms with van der Waals surface area (Å²) in [5.74, 6) is -1.91. The minimum Gasteiger partial charge on any atom is -0.478 e. The van der Waals surface area contributed by atoms with Gasteiger partial charge in [-0.3, -0.25) is 0 Å². The van der Waals surface area contributed by atoms with Gasteiger partial charge in [0, 0.05) is 17.3 Å². The molecule has 1 aliphatic rings. The predicted molar refractivity (Wildman–Crippen MR) is 72.3 cm³/mol. The zero-order chi connectivity index (χ0) is 13.8. The Hall–Kier alpha value is -1.07. The molecular formula is C14H17FO3S. The summed E-state index contributed by atoms with van der Waals surface area (Å²) in [5, 5.41) is 9.31. The summed E-state index contributed by atoms with van der Waals surface area (Å²) < 4.78 is 18.7. The van der Waals surface area contributed by atoms with Crippen LogP contribution in [0.3, 0.4) is 0 Å². The van der Waals surface area contributed by atoms with E-state index in [1.807, 2.05) is 0 Å². The van der Waals surface area contributed by atoms with E-state index >= 15 is 0 Å². The second-order valence-electron chi connectivity index (χ2n) is 4.71. The second kappa shape index (κ2) is 6.39. The van der Waals surface area contributed by atoms with E-state index in [9.17, 15) is 9.18 Å². The van der Waals surface area contributed by atoms with Crippen molar-refractivity contribution in [3.8, 4) is 0 Å². The molecule has 0 saturated heterocycles. The standard InChI is InChI=1S/C14H17FO3S/c1-18-9-3-2-4-10(7-9)19-11-5-6-13(15)12(8-11)14(16)17/h5-6,8-10H,2-4,7H2,1H3,(H,16,17). The van der Waals surface area contributed by atoms with Crippen molar-refractivity contribution < 1.29 is 19.0 Å². The highest BCUT2D eigenvalue weighted by Crippen LogP contribution is 2.35. The number of benzene rings is 1. The SMILES string of the molecule is COC1CCCC(Sc2ccc(F)c(C(=O)O)c2)C1. The van der Waals surface area contributed by atoms with Gasteiger partial charge >= 0.3 is 5.97 Å². The van der Waals surface area contributed by atoms with Crippen molar-refractivity contribution in [2.75, 3.05) is 7.11 Å². The number of ether oxygens (including phenoxy) is 1. The minimum atomic E-state index is -1.22. The molecule has 1 fully saturated rings. The fraction of sp³-hybridized carbons (Fsp3) is 0.500. The van der Waals surface area contributed by atoms with Crippen molar-refractivity contribution in [1.29, 1.82) is 0 Å². The molecule has 5 heteroatoms.